The first-order valence-corrected chi connectivity index (χ1v) is 3.59. The van der Waals surface area contributed by atoms with Crippen LogP contribution in [0.4, 0.5) is 5.82 Å². The second-order valence-corrected chi connectivity index (χ2v) is 2.78. The minimum atomic E-state index is -0.261. The average molecular weight is 157 g/mol. The molecule has 2 rings (SSSR count). The average Bonchev–Trinajstić information content (AvgIpc) is 2.31. The molecule has 0 bridgehead atoms. The Hall–Kier alpha value is -1.45. The van der Waals surface area contributed by atoms with Gasteiger partial charge in [0.25, 0.3) is 0 Å². The fourth-order valence-corrected chi connectivity index (χ4v) is 1.17. The third-order valence-electron chi connectivity index (χ3n) is 1.79. The van der Waals surface area contributed by atoms with Gasteiger partial charge in [-0.05, 0) is 0 Å². The van der Waals surface area contributed by atoms with Gasteiger partial charge in [-0.3, -0.25) is 0 Å². The van der Waals surface area contributed by atoms with Crippen LogP contribution >= 0.6 is 0 Å². The molecule has 12 heavy (non-hydrogen) atoms. The van der Waals surface area contributed by atoms with E-state index in [2.05, 4.69) is 10.3 Å². The predicted molar refractivity (Wildman–Crippen MR) is 47.5 cm³/mol. The van der Waals surface area contributed by atoms with E-state index < -0.39 is 0 Å². The number of rotatable bonds is 0. The van der Waals surface area contributed by atoms with Crippen molar-refractivity contribution in [3.63, 3.8) is 0 Å². The molecule has 0 saturated carbocycles. The summed E-state index contributed by atoms with van der Waals surface area (Å²) in [7, 11) is 5.52. The summed E-state index contributed by atoms with van der Waals surface area (Å²) in [4.78, 5) is 15.1. The second kappa shape index (κ2) is 2.27. The Kier molecular flexibility index (Phi) is 1.36. The summed E-state index contributed by atoms with van der Waals surface area (Å²) in [6.07, 6.45) is 1.69. The van der Waals surface area contributed by atoms with Crippen molar-refractivity contribution in [2.75, 3.05) is 5.32 Å². The molecule has 0 saturated heterocycles. The minimum absolute atomic E-state index is 0.251. The van der Waals surface area contributed by atoms with Gasteiger partial charge in [-0.2, -0.15) is 0 Å². The number of nitrogens with one attached hydrogen (secondary N) is 1. The fraction of sp³-hybridized carbons (Fsp3) is 0.125. The van der Waals surface area contributed by atoms with Crippen LogP contribution in [-0.4, -0.2) is 23.8 Å². The molecule has 0 spiro atoms. The van der Waals surface area contributed by atoms with Crippen LogP contribution in [0.5, 0.6) is 0 Å². The molecule has 1 aliphatic heterocycles. The van der Waals surface area contributed by atoms with Crippen LogP contribution < -0.4 is 5.32 Å². The van der Waals surface area contributed by atoms with Crippen molar-refractivity contribution in [2.45, 2.75) is 6.92 Å². The number of hydrogen-bond donors (Lipinski definition) is 1. The monoisotopic (exact) mass is 157 g/mol. The fourth-order valence-electron chi connectivity index (χ4n) is 1.17. The number of carbonyl (C=O) groups excluding carboxylic acids is 1. The van der Waals surface area contributed by atoms with Crippen LogP contribution in [0.25, 0.3) is 0 Å². The zero-order valence-corrected chi connectivity index (χ0v) is 6.59. The van der Waals surface area contributed by atoms with Gasteiger partial charge >= 0.3 is 70.1 Å². The van der Waals surface area contributed by atoms with Crippen molar-refractivity contribution in [2.24, 2.45) is 0 Å². The molecule has 1 radical (unpaired) electrons. The zero-order valence-electron chi connectivity index (χ0n) is 6.59. The molecule has 4 heteroatoms. The number of amides is 1. The van der Waals surface area contributed by atoms with Gasteiger partial charge in [0.15, 0.2) is 0 Å². The Balaban J connectivity index is 2.63. The molecular formula is C8H6BN2O. The Morgan fingerprint density at radius 1 is 1.58 bits per heavy atom. The quantitative estimate of drug-likeness (QED) is 0.539. The number of nitrogens with zero attached hydrogens (tertiary/aromatic N) is 1. The third kappa shape index (κ3) is 0.880. The van der Waals surface area contributed by atoms with Crippen molar-refractivity contribution in [3.05, 3.63) is 23.4 Å². The van der Waals surface area contributed by atoms with Gasteiger partial charge in [-0.25, -0.2) is 0 Å². The summed E-state index contributed by atoms with van der Waals surface area (Å²) in [5.74, 6) is 0.297. The Morgan fingerprint density at radius 2 is 2.33 bits per heavy atom. The number of aromatic nitrogens is 1. The number of fused-ring (bicyclic) bond motifs is 1. The van der Waals surface area contributed by atoms with Crippen LogP contribution in [-0.2, 0) is 4.79 Å². The SMILES string of the molecule is [B]=C1C(=O)Nc2ncc(C)cc21. The summed E-state index contributed by atoms with van der Waals surface area (Å²) in [5, 5.41) is 2.56. The number of anilines is 1. The molecule has 1 N–H and O–H groups in total. The van der Waals surface area contributed by atoms with Crippen molar-refractivity contribution in [1.29, 1.82) is 0 Å². The van der Waals surface area contributed by atoms with Crippen molar-refractivity contribution in [3.8, 4) is 0 Å². The van der Waals surface area contributed by atoms with Crippen LogP contribution in [0.15, 0.2) is 12.3 Å². The maximum atomic E-state index is 11.0. The summed E-state index contributed by atoms with van der Waals surface area (Å²) >= 11 is 0. The van der Waals surface area contributed by atoms with Gasteiger partial charge in [0.2, 0.25) is 0 Å². The van der Waals surface area contributed by atoms with Gasteiger partial charge in [0.05, 0.1) is 0 Å². The summed E-state index contributed by atoms with van der Waals surface area (Å²) in [6.45, 7) is 1.91. The first-order valence-electron chi connectivity index (χ1n) is 3.59. The van der Waals surface area contributed by atoms with Gasteiger partial charge in [-0.1, -0.05) is 0 Å². The van der Waals surface area contributed by atoms with Gasteiger partial charge in [0.1, 0.15) is 0 Å². The molecule has 2 heterocycles. The molecule has 57 valence electrons. The van der Waals surface area contributed by atoms with Crippen LogP contribution in [0.1, 0.15) is 11.1 Å². The molecule has 0 fully saturated rings. The summed E-state index contributed by atoms with van der Waals surface area (Å²) < 4.78 is 0. The van der Waals surface area contributed by atoms with E-state index in [-0.39, 0.29) is 11.4 Å². The van der Waals surface area contributed by atoms with Crippen LogP contribution in [0.2, 0.25) is 0 Å². The number of aryl methyl sites for hydroxylation is 1. The molecule has 1 aromatic rings. The second-order valence-electron chi connectivity index (χ2n) is 2.78. The van der Waals surface area contributed by atoms with Crippen LogP contribution in [0.3, 0.4) is 0 Å². The first-order chi connectivity index (χ1) is 5.68. The predicted octanol–water partition coefficient (Wildman–Crippen LogP) is 0.0311. The van der Waals surface area contributed by atoms with E-state index in [0.29, 0.717) is 11.4 Å². The number of carbonyl (C=O) groups is 1. The van der Waals surface area contributed by atoms with E-state index in [0.717, 1.165) is 5.56 Å². The van der Waals surface area contributed by atoms with E-state index in [1.807, 2.05) is 13.0 Å². The first kappa shape index (κ1) is 7.22. The number of hydrogen-bond acceptors (Lipinski definition) is 2. The van der Waals surface area contributed by atoms with Crippen molar-refractivity contribution < 1.29 is 4.79 Å². The van der Waals surface area contributed by atoms with E-state index >= 15 is 0 Å². The third-order valence-corrected chi connectivity index (χ3v) is 1.79. The number of pyridine rings is 1. The molecule has 1 aromatic heterocycles. The normalized spacial score (nSPS) is 14.3. The molecule has 3 nitrogen and oxygen atoms in total. The zero-order chi connectivity index (χ0) is 8.72. The van der Waals surface area contributed by atoms with Crippen molar-refractivity contribution >= 4 is 24.7 Å². The molecule has 0 atom stereocenters. The maximum absolute atomic E-state index is 11.0. The van der Waals surface area contributed by atoms with Gasteiger partial charge < -0.3 is 0 Å². The Labute approximate surface area is 70.9 Å². The molecular weight excluding hydrogens is 151 g/mol. The molecule has 1 aliphatic rings. The van der Waals surface area contributed by atoms with Gasteiger partial charge in [0, 0.05) is 0 Å². The topological polar surface area (TPSA) is 42.0 Å². The molecule has 1 amide bonds. The Bertz CT molecular complexity index is 387. The van der Waals surface area contributed by atoms with Crippen LogP contribution in [0, 0.1) is 6.92 Å². The van der Waals surface area contributed by atoms with E-state index in [1.54, 1.807) is 6.20 Å². The molecule has 0 aromatic carbocycles. The van der Waals surface area contributed by atoms with E-state index in [4.69, 9.17) is 7.49 Å². The summed E-state index contributed by atoms with van der Waals surface area (Å²) in [5.41, 5.74) is 1.95. The molecule has 0 unspecified atom stereocenters. The van der Waals surface area contributed by atoms with E-state index in [1.165, 1.54) is 0 Å². The van der Waals surface area contributed by atoms with Gasteiger partial charge in [-0.15, -0.1) is 0 Å². The standard InChI is InChI=1S/C8H6BN2O/c1-4-2-5-6(9)8(12)11-7(5)10-3-4/h2-3H,1H3,(H,10,11,12). The Morgan fingerprint density at radius 3 is 3.08 bits per heavy atom. The van der Waals surface area contributed by atoms with Crippen molar-refractivity contribution in [1.82, 2.24) is 4.98 Å². The van der Waals surface area contributed by atoms with E-state index in [9.17, 15) is 4.79 Å². The summed E-state index contributed by atoms with van der Waals surface area (Å²) in [6, 6.07) is 1.84. The molecule has 0 aliphatic carbocycles.